The molecule has 4 heteroatoms. The van der Waals surface area contributed by atoms with Crippen LogP contribution in [0.3, 0.4) is 0 Å². The zero-order chi connectivity index (χ0) is 10.2. The molecule has 1 atom stereocenters. The number of thioether (sulfide) groups is 1. The number of hydrogen-bond donors (Lipinski definition) is 1. The fourth-order valence-corrected chi connectivity index (χ4v) is 1.98. The molecule has 0 radical (unpaired) electrons. The van der Waals surface area contributed by atoms with Gasteiger partial charge in [-0.05, 0) is 12.3 Å². The van der Waals surface area contributed by atoms with E-state index in [0.29, 0.717) is 6.04 Å². The van der Waals surface area contributed by atoms with Crippen LogP contribution in [0, 0.1) is 0 Å². The maximum Gasteiger partial charge on any atom is 0.0764 e. The van der Waals surface area contributed by atoms with Gasteiger partial charge in [-0.25, -0.2) is 0 Å². The molecule has 1 unspecified atom stereocenters. The first-order chi connectivity index (χ1) is 6.88. The largest absolute Gasteiger partial charge is 0.308 e. The van der Waals surface area contributed by atoms with Crippen molar-refractivity contribution in [2.45, 2.75) is 19.9 Å². The second-order valence-corrected chi connectivity index (χ2v) is 4.22. The molecule has 0 bridgehead atoms. The third kappa shape index (κ3) is 3.64. The van der Waals surface area contributed by atoms with Gasteiger partial charge in [-0.2, -0.15) is 11.8 Å². The summed E-state index contributed by atoms with van der Waals surface area (Å²) in [5, 5.41) is 3.41. The third-order valence-corrected chi connectivity index (χ3v) is 2.86. The van der Waals surface area contributed by atoms with Crippen molar-refractivity contribution >= 4 is 11.8 Å². The van der Waals surface area contributed by atoms with E-state index in [2.05, 4.69) is 29.1 Å². The van der Waals surface area contributed by atoms with Crippen LogP contribution >= 0.6 is 11.8 Å². The molecule has 0 aliphatic heterocycles. The quantitative estimate of drug-likeness (QED) is 0.779. The van der Waals surface area contributed by atoms with Crippen LogP contribution in [-0.4, -0.2) is 28.0 Å². The predicted octanol–water partition coefficient (Wildman–Crippen LogP) is 1.88. The van der Waals surface area contributed by atoms with Crippen molar-refractivity contribution in [3.8, 4) is 0 Å². The van der Waals surface area contributed by atoms with Gasteiger partial charge in [-0.15, -0.1) is 0 Å². The Kier molecular flexibility index (Phi) is 5.56. The van der Waals surface area contributed by atoms with Crippen molar-refractivity contribution in [3.63, 3.8) is 0 Å². The van der Waals surface area contributed by atoms with E-state index in [1.54, 1.807) is 12.4 Å². The summed E-state index contributed by atoms with van der Waals surface area (Å²) in [7, 11) is 0. The van der Waals surface area contributed by atoms with Crippen molar-refractivity contribution in [1.82, 2.24) is 15.3 Å². The zero-order valence-electron chi connectivity index (χ0n) is 8.73. The van der Waals surface area contributed by atoms with E-state index in [4.69, 9.17) is 0 Å². The van der Waals surface area contributed by atoms with Gasteiger partial charge in [0, 0.05) is 24.3 Å². The molecule has 0 spiro atoms. The Morgan fingerprint density at radius 1 is 1.43 bits per heavy atom. The first-order valence-corrected chi connectivity index (χ1v) is 6.11. The highest BCUT2D eigenvalue weighted by Gasteiger charge is 2.10. The van der Waals surface area contributed by atoms with Crippen molar-refractivity contribution in [1.29, 1.82) is 0 Å². The summed E-state index contributed by atoms with van der Waals surface area (Å²) in [4.78, 5) is 8.40. The number of nitrogens with zero attached hydrogens (tertiary/aromatic N) is 2. The lowest BCUT2D eigenvalue weighted by atomic mass is 10.2. The molecule has 0 amide bonds. The average molecular weight is 211 g/mol. The van der Waals surface area contributed by atoms with Crippen LogP contribution in [0.5, 0.6) is 0 Å². The van der Waals surface area contributed by atoms with E-state index >= 15 is 0 Å². The van der Waals surface area contributed by atoms with Gasteiger partial charge in [0.2, 0.25) is 0 Å². The topological polar surface area (TPSA) is 37.8 Å². The minimum absolute atomic E-state index is 0.332. The Hall–Kier alpha value is -0.610. The normalized spacial score (nSPS) is 12.7. The van der Waals surface area contributed by atoms with E-state index in [1.165, 1.54) is 0 Å². The maximum atomic E-state index is 4.31. The Labute approximate surface area is 89.7 Å². The number of rotatable bonds is 6. The fourth-order valence-electron chi connectivity index (χ4n) is 1.22. The Balaban J connectivity index is 2.58. The second-order valence-electron chi connectivity index (χ2n) is 2.90. The van der Waals surface area contributed by atoms with Crippen LogP contribution in [0.15, 0.2) is 18.6 Å². The molecular formula is C10H17N3S. The Morgan fingerprint density at radius 3 is 2.86 bits per heavy atom. The summed E-state index contributed by atoms with van der Waals surface area (Å²) in [6.07, 6.45) is 5.29. The molecule has 14 heavy (non-hydrogen) atoms. The maximum absolute atomic E-state index is 4.31. The van der Waals surface area contributed by atoms with Crippen LogP contribution in [0.25, 0.3) is 0 Å². The van der Waals surface area contributed by atoms with Crippen molar-refractivity contribution in [2.24, 2.45) is 0 Å². The minimum Gasteiger partial charge on any atom is -0.308 e. The van der Waals surface area contributed by atoms with Crippen molar-refractivity contribution in [3.05, 3.63) is 24.3 Å². The Bertz CT molecular complexity index is 240. The smallest absolute Gasteiger partial charge is 0.0764 e. The fraction of sp³-hybridized carbons (Fsp3) is 0.600. The van der Waals surface area contributed by atoms with Gasteiger partial charge in [-0.1, -0.05) is 13.8 Å². The summed E-state index contributed by atoms with van der Waals surface area (Å²) in [5.41, 5.74) is 1.04. The summed E-state index contributed by atoms with van der Waals surface area (Å²) in [6.45, 7) is 5.25. The van der Waals surface area contributed by atoms with Gasteiger partial charge in [-0.3, -0.25) is 9.97 Å². The summed E-state index contributed by atoms with van der Waals surface area (Å²) >= 11 is 1.92. The van der Waals surface area contributed by atoms with Gasteiger partial charge in [0.25, 0.3) is 0 Å². The molecule has 1 N–H and O–H groups in total. The number of hydrogen-bond acceptors (Lipinski definition) is 4. The summed E-state index contributed by atoms with van der Waals surface area (Å²) in [5.74, 6) is 2.20. The molecule has 3 nitrogen and oxygen atoms in total. The van der Waals surface area contributed by atoms with Gasteiger partial charge in [0.05, 0.1) is 11.7 Å². The summed E-state index contributed by atoms with van der Waals surface area (Å²) in [6, 6.07) is 0.332. The highest BCUT2D eigenvalue weighted by atomic mass is 32.2. The molecule has 0 aromatic carbocycles. The van der Waals surface area contributed by atoms with Crippen molar-refractivity contribution < 1.29 is 0 Å². The number of nitrogens with one attached hydrogen (secondary N) is 1. The van der Waals surface area contributed by atoms with E-state index in [1.807, 2.05) is 18.0 Å². The van der Waals surface area contributed by atoms with Crippen LogP contribution in [0.2, 0.25) is 0 Å². The lowest BCUT2D eigenvalue weighted by molar-refractivity contribution is 0.588. The SMILES string of the molecule is CCNC(CSCC)c1cnccn1. The lowest BCUT2D eigenvalue weighted by Crippen LogP contribution is -2.24. The highest BCUT2D eigenvalue weighted by Crippen LogP contribution is 2.14. The Morgan fingerprint density at radius 2 is 2.29 bits per heavy atom. The van der Waals surface area contributed by atoms with E-state index in [0.717, 1.165) is 23.7 Å². The van der Waals surface area contributed by atoms with E-state index in [9.17, 15) is 0 Å². The van der Waals surface area contributed by atoms with Gasteiger partial charge in [0.1, 0.15) is 0 Å². The molecule has 1 aromatic heterocycles. The molecule has 0 saturated heterocycles. The number of aromatic nitrogens is 2. The van der Waals surface area contributed by atoms with E-state index in [-0.39, 0.29) is 0 Å². The molecule has 1 aromatic rings. The van der Waals surface area contributed by atoms with Crippen molar-refractivity contribution in [2.75, 3.05) is 18.1 Å². The zero-order valence-corrected chi connectivity index (χ0v) is 9.55. The van der Waals surface area contributed by atoms with Crippen LogP contribution in [0.4, 0.5) is 0 Å². The molecular weight excluding hydrogens is 194 g/mol. The first-order valence-electron chi connectivity index (χ1n) is 4.95. The minimum atomic E-state index is 0.332. The first kappa shape index (κ1) is 11.5. The average Bonchev–Trinajstić information content (AvgIpc) is 2.25. The molecule has 1 heterocycles. The molecule has 0 aliphatic rings. The van der Waals surface area contributed by atoms with Gasteiger partial charge < -0.3 is 5.32 Å². The van der Waals surface area contributed by atoms with Gasteiger partial charge in [0.15, 0.2) is 0 Å². The van der Waals surface area contributed by atoms with E-state index < -0.39 is 0 Å². The molecule has 1 rings (SSSR count). The van der Waals surface area contributed by atoms with Crippen LogP contribution < -0.4 is 5.32 Å². The molecule has 0 fully saturated rings. The summed E-state index contributed by atoms with van der Waals surface area (Å²) < 4.78 is 0. The third-order valence-electron chi connectivity index (χ3n) is 1.88. The molecule has 0 saturated carbocycles. The molecule has 78 valence electrons. The van der Waals surface area contributed by atoms with Crippen LogP contribution in [-0.2, 0) is 0 Å². The molecule has 0 aliphatic carbocycles. The van der Waals surface area contributed by atoms with Crippen LogP contribution in [0.1, 0.15) is 25.6 Å². The lowest BCUT2D eigenvalue weighted by Gasteiger charge is -2.15. The standard InChI is InChI=1S/C10H17N3S/c1-3-12-10(8-14-4-2)9-7-11-5-6-13-9/h5-7,10,12H,3-4,8H2,1-2H3. The predicted molar refractivity (Wildman–Crippen MR) is 61.4 cm³/mol. The van der Waals surface area contributed by atoms with Gasteiger partial charge >= 0.3 is 0 Å². The monoisotopic (exact) mass is 211 g/mol. The highest BCUT2D eigenvalue weighted by molar-refractivity contribution is 7.99. The second kappa shape index (κ2) is 6.79.